The molecule has 26 heavy (non-hydrogen) atoms. The molecule has 134 valence electrons. The van der Waals surface area contributed by atoms with Crippen LogP contribution >= 0.6 is 27.6 Å². The van der Waals surface area contributed by atoms with E-state index in [4.69, 9.17) is 0 Å². The van der Waals surface area contributed by atoms with E-state index in [1.54, 1.807) is 0 Å². The van der Waals surface area contributed by atoms with E-state index in [1.165, 1.54) is 33.1 Å². The summed E-state index contributed by atoms with van der Waals surface area (Å²) in [5, 5.41) is 2.80. The normalized spacial score (nSPS) is 11.9. The average Bonchev–Trinajstić information content (AvgIpc) is 2.67. The highest BCUT2D eigenvalue weighted by Gasteiger charge is 2.20. The van der Waals surface area contributed by atoms with Crippen LogP contribution in [0.25, 0.3) is 11.1 Å². The Morgan fingerprint density at radius 2 is 1.19 bits per heavy atom. The van der Waals surface area contributed by atoms with Gasteiger partial charge in [0.15, 0.2) is 0 Å². The second-order valence-electron chi connectivity index (χ2n) is 6.59. The van der Waals surface area contributed by atoms with Gasteiger partial charge in [-0.25, -0.2) is 0 Å². The summed E-state index contributed by atoms with van der Waals surface area (Å²) in [6.45, 7) is 0. The van der Waals surface area contributed by atoms with E-state index in [-0.39, 0.29) is 0 Å². The van der Waals surface area contributed by atoms with Crippen molar-refractivity contribution in [2.45, 2.75) is 0 Å². The van der Waals surface area contributed by atoms with Crippen molar-refractivity contribution in [3.8, 4) is 11.1 Å². The van der Waals surface area contributed by atoms with Gasteiger partial charge in [0, 0.05) is 50.7 Å². The third kappa shape index (κ3) is 3.89. The average molecular weight is 474 g/mol. The van der Waals surface area contributed by atoms with Crippen LogP contribution in [-0.2, 0) is 0 Å². The Balaban J connectivity index is 2.24. The molecule has 0 N–H and O–H groups in total. The molecule has 0 aliphatic heterocycles. The Morgan fingerprint density at radius 3 is 1.77 bits per heavy atom. The number of benzene rings is 3. The molecular formula is C22H24IN2P. The molecule has 0 bridgehead atoms. The summed E-state index contributed by atoms with van der Waals surface area (Å²) in [6.07, 6.45) is 0. The molecule has 0 aromatic heterocycles. The lowest BCUT2D eigenvalue weighted by atomic mass is 10.00. The fraction of sp³-hybridized carbons (Fsp3) is 0.182. The fourth-order valence-electron chi connectivity index (χ4n) is 3.10. The van der Waals surface area contributed by atoms with Gasteiger partial charge in [0.2, 0.25) is 0 Å². The molecule has 0 saturated heterocycles. The van der Waals surface area contributed by atoms with Gasteiger partial charge in [0.05, 0.1) is 0 Å². The number of hydrogen-bond acceptors (Lipinski definition) is 2. The quantitative estimate of drug-likeness (QED) is 0.368. The highest BCUT2D eigenvalue weighted by atomic mass is 127. The van der Waals surface area contributed by atoms with E-state index in [0.717, 1.165) is 0 Å². The first-order valence-corrected chi connectivity index (χ1v) is 12.7. The second-order valence-corrected chi connectivity index (χ2v) is 11.0. The van der Waals surface area contributed by atoms with Crippen LogP contribution in [0.1, 0.15) is 0 Å². The van der Waals surface area contributed by atoms with Crippen LogP contribution in [0, 0.1) is 0 Å². The lowest BCUT2D eigenvalue weighted by molar-refractivity contribution is 1.10. The van der Waals surface area contributed by atoms with Crippen LogP contribution in [0.3, 0.4) is 0 Å². The molecule has 3 rings (SSSR count). The van der Waals surface area contributed by atoms with Crippen LogP contribution in [-0.4, -0.2) is 28.2 Å². The van der Waals surface area contributed by atoms with Crippen molar-refractivity contribution in [3.63, 3.8) is 0 Å². The summed E-state index contributed by atoms with van der Waals surface area (Å²) in [6, 6.07) is 26.2. The van der Waals surface area contributed by atoms with Crippen molar-refractivity contribution in [2.75, 3.05) is 38.0 Å². The van der Waals surface area contributed by atoms with Crippen molar-refractivity contribution < 1.29 is 0 Å². The van der Waals surface area contributed by atoms with Gasteiger partial charge in [-0.3, -0.25) is 0 Å². The molecule has 0 spiro atoms. The Morgan fingerprint density at radius 1 is 0.654 bits per heavy atom. The molecule has 0 amide bonds. The van der Waals surface area contributed by atoms with Crippen molar-refractivity contribution in [3.05, 3.63) is 72.8 Å². The standard InChI is InChI=1S/C22H24IN2P/c1-24(2)19-14-10-15-20(25(3)4)22(19)18-13-8-9-16-21(18)26(23)17-11-6-5-7-12-17/h5-16H,1-4H3. The maximum atomic E-state index is 2.62. The minimum atomic E-state index is -0.446. The maximum absolute atomic E-state index is 2.62. The van der Waals surface area contributed by atoms with Crippen molar-refractivity contribution in [2.24, 2.45) is 0 Å². The zero-order valence-electron chi connectivity index (χ0n) is 15.6. The van der Waals surface area contributed by atoms with Gasteiger partial charge in [-0.1, -0.05) is 60.7 Å². The zero-order chi connectivity index (χ0) is 18.7. The van der Waals surface area contributed by atoms with Gasteiger partial charge in [-0.15, -0.1) is 0 Å². The van der Waals surface area contributed by atoms with Crippen LogP contribution in [0.15, 0.2) is 72.8 Å². The molecule has 0 aliphatic rings. The Hall–Kier alpha value is -1.58. The summed E-state index contributed by atoms with van der Waals surface area (Å²) in [5.41, 5.74) is 4.68. The third-order valence-corrected chi connectivity index (χ3v) is 9.15. The third-order valence-electron chi connectivity index (χ3n) is 4.35. The largest absolute Gasteiger partial charge is 0.377 e. The monoisotopic (exact) mass is 474 g/mol. The lowest BCUT2D eigenvalue weighted by Crippen LogP contribution is -2.17. The Labute approximate surface area is 171 Å². The van der Waals surface area contributed by atoms with Crippen molar-refractivity contribution in [1.29, 1.82) is 0 Å². The molecule has 1 unspecified atom stereocenters. The number of rotatable bonds is 5. The first kappa shape index (κ1) is 19.2. The molecule has 1 atom stereocenters. The second kappa shape index (κ2) is 8.41. The SMILES string of the molecule is CN(C)c1cccc(N(C)C)c1-c1ccccc1P(I)c1ccccc1. The number of halogens is 1. The van der Waals surface area contributed by atoms with E-state index < -0.39 is 5.56 Å². The highest BCUT2D eigenvalue weighted by molar-refractivity contribution is 14.2. The molecular weight excluding hydrogens is 450 g/mol. The number of hydrogen-bond donors (Lipinski definition) is 0. The van der Waals surface area contributed by atoms with Crippen LogP contribution in [0.5, 0.6) is 0 Å². The van der Waals surface area contributed by atoms with E-state index in [2.05, 4.69) is 133 Å². The van der Waals surface area contributed by atoms with Gasteiger partial charge in [-0.2, -0.15) is 0 Å². The zero-order valence-corrected chi connectivity index (χ0v) is 18.7. The Bertz CT molecular complexity index is 852. The predicted molar refractivity (Wildman–Crippen MR) is 127 cm³/mol. The smallest absolute Gasteiger partial charge is 0.0462 e. The first-order valence-electron chi connectivity index (χ1n) is 8.58. The molecule has 0 heterocycles. The molecule has 0 saturated carbocycles. The van der Waals surface area contributed by atoms with Crippen LogP contribution < -0.4 is 20.4 Å². The van der Waals surface area contributed by atoms with E-state index >= 15 is 0 Å². The minimum Gasteiger partial charge on any atom is -0.377 e. The Kier molecular flexibility index (Phi) is 6.20. The topological polar surface area (TPSA) is 6.48 Å². The van der Waals surface area contributed by atoms with Gasteiger partial charge in [0.25, 0.3) is 0 Å². The van der Waals surface area contributed by atoms with Crippen LogP contribution in [0.2, 0.25) is 0 Å². The lowest BCUT2D eigenvalue weighted by Gasteiger charge is -2.26. The first-order chi connectivity index (χ1) is 12.5. The number of nitrogens with zero attached hydrogens (tertiary/aromatic N) is 2. The van der Waals surface area contributed by atoms with Gasteiger partial charge in [0.1, 0.15) is 0 Å². The molecule has 3 aromatic rings. The van der Waals surface area contributed by atoms with Crippen LogP contribution in [0.4, 0.5) is 11.4 Å². The van der Waals surface area contributed by atoms with E-state index in [1.807, 2.05) is 0 Å². The summed E-state index contributed by atoms with van der Waals surface area (Å²) in [5.74, 6) is 0. The van der Waals surface area contributed by atoms with Gasteiger partial charge >= 0.3 is 0 Å². The highest BCUT2D eigenvalue weighted by Crippen LogP contribution is 2.47. The maximum Gasteiger partial charge on any atom is 0.0462 e. The van der Waals surface area contributed by atoms with E-state index in [9.17, 15) is 0 Å². The van der Waals surface area contributed by atoms with Crippen molar-refractivity contribution in [1.82, 2.24) is 0 Å². The molecule has 0 aliphatic carbocycles. The molecule has 4 heteroatoms. The fourth-order valence-corrected chi connectivity index (χ4v) is 6.66. The molecule has 0 radical (unpaired) electrons. The molecule has 2 nitrogen and oxygen atoms in total. The predicted octanol–water partition coefficient (Wildman–Crippen LogP) is 5.27. The summed E-state index contributed by atoms with van der Waals surface area (Å²) < 4.78 is 0. The van der Waals surface area contributed by atoms with Crippen molar-refractivity contribution >= 4 is 49.6 Å². The summed E-state index contributed by atoms with van der Waals surface area (Å²) in [7, 11) is 8.46. The van der Waals surface area contributed by atoms with Gasteiger partial charge < -0.3 is 9.80 Å². The molecule has 3 aromatic carbocycles. The summed E-state index contributed by atoms with van der Waals surface area (Å²) >= 11 is 2.62. The minimum absolute atomic E-state index is 0.446. The summed E-state index contributed by atoms with van der Waals surface area (Å²) in [4.78, 5) is 4.41. The molecule has 0 fully saturated rings. The number of anilines is 2. The van der Waals surface area contributed by atoms with Gasteiger partial charge in [-0.05, 0) is 50.3 Å². The van der Waals surface area contributed by atoms with E-state index in [0.29, 0.717) is 0 Å².